The van der Waals surface area contributed by atoms with Crippen LogP contribution in [-0.2, 0) is 0 Å². The van der Waals surface area contributed by atoms with E-state index in [0.717, 1.165) is 5.56 Å². The van der Waals surface area contributed by atoms with Crippen LogP contribution in [0.4, 0.5) is 5.69 Å². The maximum absolute atomic E-state index is 11.5. The number of benzene rings is 2. The molecule has 0 atom stereocenters. The Morgan fingerprint density at radius 1 is 1.14 bits per heavy atom. The first-order valence-corrected chi connectivity index (χ1v) is 6.41. The highest BCUT2D eigenvalue weighted by molar-refractivity contribution is 6.11. The van der Waals surface area contributed by atoms with Gasteiger partial charge in [-0.05, 0) is 17.7 Å². The lowest BCUT2D eigenvalue weighted by Crippen LogP contribution is -2.21. The molecule has 0 amide bonds. The molecule has 108 valence electrons. The number of hydrogen-bond donors (Lipinski definition) is 3. The van der Waals surface area contributed by atoms with Gasteiger partial charge in [-0.2, -0.15) is 0 Å². The van der Waals surface area contributed by atoms with Gasteiger partial charge in [0, 0.05) is 30.9 Å². The SMILES string of the molecule is CN(C)c1ccc(C(=O)O)c(-c2ccccc2)c1C(=N)N. The zero-order chi connectivity index (χ0) is 15.6. The third-order valence-corrected chi connectivity index (χ3v) is 3.23. The zero-order valence-corrected chi connectivity index (χ0v) is 11.9. The molecule has 2 aromatic carbocycles. The lowest BCUT2D eigenvalue weighted by atomic mass is 9.92. The Labute approximate surface area is 123 Å². The Kier molecular flexibility index (Phi) is 3.93. The molecule has 5 heteroatoms. The highest BCUT2D eigenvalue weighted by Gasteiger charge is 2.21. The third kappa shape index (κ3) is 2.72. The molecule has 2 rings (SSSR count). The molecule has 0 unspecified atom stereocenters. The van der Waals surface area contributed by atoms with E-state index in [2.05, 4.69) is 0 Å². The molecule has 0 radical (unpaired) electrons. The molecule has 0 spiro atoms. The van der Waals surface area contributed by atoms with Gasteiger partial charge < -0.3 is 15.7 Å². The third-order valence-electron chi connectivity index (χ3n) is 3.23. The van der Waals surface area contributed by atoms with Gasteiger partial charge >= 0.3 is 5.97 Å². The number of amidine groups is 1. The number of hydrogen-bond acceptors (Lipinski definition) is 3. The highest BCUT2D eigenvalue weighted by Crippen LogP contribution is 2.33. The number of rotatable bonds is 4. The molecule has 5 nitrogen and oxygen atoms in total. The summed E-state index contributed by atoms with van der Waals surface area (Å²) in [5.74, 6) is -1.19. The fraction of sp³-hybridized carbons (Fsp3) is 0.125. The molecule has 0 bridgehead atoms. The smallest absolute Gasteiger partial charge is 0.336 e. The van der Waals surface area contributed by atoms with Crippen molar-refractivity contribution in [2.24, 2.45) is 5.73 Å². The van der Waals surface area contributed by atoms with Gasteiger partial charge in [0.2, 0.25) is 0 Å². The largest absolute Gasteiger partial charge is 0.478 e. The Hall–Kier alpha value is -2.82. The van der Waals surface area contributed by atoms with Crippen molar-refractivity contribution >= 4 is 17.5 Å². The van der Waals surface area contributed by atoms with Gasteiger partial charge in [-0.15, -0.1) is 0 Å². The summed E-state index contributed by atoms with van der Waals surface area (Å²) < 4.78 is 0. The van der Waals surface area contributed by atoms with E-state index >= 15 is 0 Å². The molecular formula is C16H17N3O2. The van der Waals surface area contributed by atoms with Crippen molar-refractivity contribution in [1.29, 1.82) is 5.41 Å². The molecule has 4 N–H and O–H groups in total. The minimum absolute atomic E-state index is 0.136. The lowest BCUT2D eigenvalue weighted by molar-refractivity contribution is 0.0697. The van der Waals surface area contributed by atoms with Crippen LogP contribution in [0.3, 0.4) is 0 Å². The van der Waals surface area contributed by atoms with Crippen LogP contribution in [0.25, 0.3) is 11.1 Å². The number of carboxylic acid groups (broad SMARTS) is 1. The first kappa shape index (κ1) is 14.6. The molecular weight excluding hydrogens is 266 g/mol. The van der Waals surface area contributed by atoms with E-state index in [0.29, 0.717) is 16.8 Å². The van der Waals surface area contributed by atoms with Gasteiger partial charge in [-0.3, -0.25) is 5.41 Å². The van der Waals surface area contributed by atoms with E-state index in [1.54, 1.807) is 12.1 Å². The molecule has 0 saturated heterocycles. The van der Waals surface area contributed by atoms with E-state index in [1.165, 1.54) is 0 Å². The van der Waals surface area contributed by atoms with Crippen LogP contribution in [0, 0.1) is 5.41 Å². The van der Waals surface area contributed by atoms with Gasteiger partial charge in [-0.25, -0.2) is 4.79 Å². The number of nitrogens with zero attached hydrogens (tertiary/aromatic N) is 1. The van der Waals surface area contributed by atoms with Crippen LogP contribution < -0.4 is 10.6 Å². The first-order valence-electron chi connectivity index (χ1n) is 6.41. The molecule has 0 aliphatic heterocycles. The van der Waals surface area contributed by atoms with Crippen LogP contribution in [0.15, 0.2) is 42.5 Å². The normalized spacial score (nSPS) is 10.2. The Bertz CT molecular complexity index is 694. The number of carboxylic acids is 1. The number of nitrogens with one attached hydrogen (secondary N) is 1. The number of carbonyl (C=O) groups is 1. The average molecular weight is 283 g/mol. The Morgan fingerprint density at radius 2 is 1.76 bits per heavy atom. The molecule has 0 heterocycles. The van der Waals surface area contributed by atoms with Crippen LogP contribution in [0.2, 0.25) is 0 Å². The number of anilines is 1. The first-order chi connectivity index (χ1) is 9.93. The minimum Gasteiger partial charge on any atom is -0.478 e. The Morgan fingerprint density at radius 3 is 2.24 bits per heavy atom. The van der Waals surface area contributed by atoms with E-state index in [-0.39, 0.29) is 11.4 Å². The Balaban J connectivity index is 2.89. The summed E-state index contributed by atoms with van der Waals surface area (Å²) >= 11 is 0. The number of nitrogen functional groups attached to an aromatic ring is 1. The van der Waals surface area contributed by atoms with Crippen LogP contribution in [-0.4, -0.2) is 31.0 Å². The summed E-state index contributed by atoms with van der Waals surface area (Å²) in [5, 5.41) is 17.3. The molecule has 0 fully saturated rings. The minimum atomic E-state index is -1.04. The second-order valence-electron chi connectivity index (χ2n) is 4.86. The molecule has 0 aliphatic carbocycles. The van der Waals surface area contributed by atoms with Crippen LogP contribution in [0.1, 0.15) is 15.9 Å². The van der Waals surface area contributed by atoms with Crippen molar-refractivity contribution < 1.29 is 9.90 Å². The summed E-state index contributed by atoms with van der Waals surface area (Å²) in [6.45, 7) is 0. The van der Waals surface area contributed by atoms with Crippen molar-refractivity contribution in [3.63, 3.8) is 0 Å². The monoisotopic (exact) mass is 283 g/mol. The number of nitrogens with two attached hydrogens (primary N) is 1. The van der Waals surface area contributed by atoms with E-state index < -0.39 is 5.97 Å². The van der Waals surface area contributed by atoms with Crippen molar-refractivity contribution in [3.05, 3.63) is 53.6 Å². The van der Waals surface area contributed by atoms with Gasteiger partial charge in [0.1, 0.15) is 5.84 Å². The maximum Gasteiger partial charge on any atom is 0.336 e. The van der Waals surface area contributed by atoms with Gasteiger partial charge in [0.15, 0.2) is 0 Å². The summed E-state index contributed by atoms with van der Waals surface area (Å²) in [4.78, 5) is 13.3. The quantitative estimate of drug-likeness (QED) is 0.593. The molecule has 0 aromatic heterocycles. The summed E-state index contributed by atoms with van der Waals surface area (Å²) in [7, 11) is 3.66. The predicted molar refractivity (Wildman–Crippen MR) is 84.2 cm³/mol. The van der Waals surface area contributed by atoms with Crippen molar-refractivity contribution in [2.45, 2.75) is 0 Å². The maximum atomic E-state index is 11.5. The van der Waals surface area contributed by atoms with Gasteiger partial charge in [0.25, 0.3) is 0 Å². The second kappa shape index (κ2) is 5.66. The molecule has 0 saturated carbocycles. The summed E-state index contributed by atoms with van der Waals surface area (Å²) in [6.07, 6.45) is 0. The fourth-order valence-corrected chi connectivity index (χ4v) is 2.32. The highest BCUT2D eigenvalue weighted by atomic mass is 16.4. The van der Waals surface area contributed by atoms with Crippen LogP contribution >= 0.6 is 0 Å². The summed E-state index contributed by atoms with van der Waals surface area (Å²) in [5.41, 5.74) is 8.21. The fourth-order valence-electron chi connectivity index (χ4n) is 2.32. The van der Waals surface area contributed by atoms with Crippen LogP contribution in [0.5, 0.6) is 0 Å². The molecule has 21 heavy (non-hydrogen) atoms. The van der Waals surface area contributed by atoms with Gasteiger partial charge in [0.05, 0.1) is 5.56 Å². The summed E-state index contributed by atoms with van der Waals surface area (Å²) in [6, 6.07) is 12.4. The second-order valence-corrected chi connectivity index (χ2v) is 4.86. The standard InChI is InChI=1S/C16H17N3O2/c1-19(2)12-9-8-11(16(20)21)13(14(12)15(17)18)10-6-4-3-5-7-10/h3-9H,1-2H3,(H3,17,18)(H,20,21). The van der Waals surface area contributed by atoms with E-state index in [1.807, 2.05) is 49.3 Å². The lowest BCUT2D eigenvalue weighted by Gasteiger charge is -2.21. The number of aromatic carboxylic acids is 1. The van der Waals surface area contributed by atoms with Crippen molar-refractivity contribution in [2.75, 3.05) is 19.0 Å². The van der Waals surface area contributed by atoms with E-state index in [4.69, 9.17) is 11.1 Å². The zero-order valence-electron chi connectivity index (χ0n) is 11.9. The topological polar surface area (TPSA) is 90.4 Å². The molecule has 2 aromatic rings. The van der Waals surface area contributed by atoms with E-state index in [9.17, 15) is 9.90 Å². The molecule has 0 aliphatic rings. The van der Waals surface area contributed by atoms with Crippen molar-refractivity contribution in [3.8, 4) is 11.1 Å². The van der Waals surface area contributed by atoms with Crippen molar-refractivity contribution in [1.82, 2.24) is 0 Å². The van der Waals surface area contributed by atoms with Gasteiger partial charge in [-0.1, -0.05) is 30.3 Å². The average Bonchev–Trinajstić information content (AvgIpc) is 2.46. The predicted octanol–water partition coefficient (Wildman–Crippen LogP) is 2.40.